The van der Waals surface area contributed by atoms with Crippen molar-refractivity contribution in [2.45, 2.75) is 64.1 Å². The second-order valence-electron chi connectivity index (χ2n) is 8.82. The first-order chi connectivity index (χ1) is 15.6. The summed E-state index contributed by atoms with van der Waals surface area (Å²) in [6, 6.07) is 10.6. The molecule has 2 fully saturated rings. The molecule has 7 nitrogen and oxygen atoms in total. The second kappa shape index (κ2) is 10.7. The summed E-state index contributed by atoms with van der Waals surface area (Å²) in [4.78, 5) is 17.9. The van der Waals surface area contributed by atoms with Crippen molar-refractivity contribution in [3.05, 3.63) is 42.1 Å². The van der Waals surface area contributed by atoms with Gasteiger partial charge in [-0.15, -0.1) is 0 Å². The molecule has 2 aliphatic rings. The molecule has 1 aliphatic heterocycles. The number of benzene rings is 1. The summed E-state index contributed by atoms with van der Waals surface area (Å²) in [5, 5.41) is 6.27. The average Bonchev–Trinajstić information content (AvgIpc) is 3.29. The lowest BCUT2D eigenvalue weighted by atomic mass is 10.0. The molecule has 0 unspecified atom stereocenters. The number of carbonyl (C=O) groups is 1. The van der Waals surface area contributed by atoms with Gasteiger partial charge < -0.3 is 20.1 Å². The van der Waals surface area contributed by atoms with E-state index in [0.717, 1.165) is 62.5 Å². The van der Waals surface area contributed by atoms with E-state index >= 15 is 0 Å². The van der Waals surface area contributed by atoms with Gasteiger partial charge in [-0.3, -0.25) is 9.69 Å². The Morgan fingerprint density at radius 3 is 2.53 bits per heavy atom. The van der Waals surface area contributed by atoms with Crippen molar-refractivity contribution < 1.29 is 14.3 Å². The number of methoxy groups -OCH3 is 1. The molecule has 1 amide bonds. The quantitative estimate of drug-likeness (QED) is 0.634. The van der Waals surface area contributed by atoms with Crippen LogP contribution >= 0.6 is 0 Å². The largest absolute Gasteiger partial charge is 0.493 e. The van der Waals surface area contributed by atoms with Gasteiger partial charge in [0.2, 0.25) is 5.91 Å². The highest BCUT2D eigenvalue weighted by atomic mass is 16.5. The first kappa shape index (κ1) is 22.4. The maximum absolute atomic E-state index is 11.1. The Hall–Kier alpha value is -2.80. The van der Waals surface area contributed by atoms with Gasteiger partial charge in [-0.05, 0) is 68.4 Å². The number of aromatic nitrogens is 1. The van der Waals surface area contributed by atoms with E-state index in [-0.39, 0.29) is 5.91 Å². The Balaban J connectivity index is 1.27. The highest BCUT2D eigenvalue weighted by Gasteiger charge is 2.21. The van der Waals surface area contributed by atoms with E-state index in [1.165, 1.54) is 25.3 Å². The minimum absolute atomic E-state index is 0.111. The summed E-state index contributed by atoms with van der Waals surface area (Å²) in [5.74, 6) is 2.17. The Bertz CT molecular complexity index is 889. The zero-order valence-corrected chi connectivity index (χ0v) is 19.1. The number of amides is 1. The number of likely N-dealkylation sites (tertiary alicyclic amines) is 1. The predicted octanol–water partition coefficient (Wildman–Crippen LogP) is 4.45. The van der Waals surface area contributed by atoms with Gasteiger partial charge in [-0.1, -0.05) is 6.07 Å². The zero-order chi connectivity index (χ0) is 22.3. The fraction of sp³-hybridized carbons (Fsp3) is 0.520. The van der Waals surface area contributed by atoms with Crippen LogP contribution in [0, 0.1) is 0 Å². The van der Waals surface area contributed by atoms with E-state index < -0.39 is 0 Å². The van der Waals surface area contributed by atoms with Crippen LogP contribution in [0.5, 0.6) is 11.5 Å². The smallest absolute Gasteiger partial charge is 0.222 e. The number of piperidine rings is 1. The molecule has 0 bridgehead atoms. The van der Waals surface area contributed by atoms with E-state index in [1.807, 2.05) is 18.2 Å². The lowest BCUT2D eigenvalue weighted by Crippen LogP contribution is -2.38. The highest BCUT2D eigenvalue weighted by molar-refractivity contribution is 5.87. The van der Waals surface area contributed by atoms with Crippen LogP contribution in [0.1, 0.15) is 51.0 Å². The van der Waals surface area contributed by atoms with Gasteiger partial charge in [-0.2, -0.15) is 0 Å². The van der Waals surface area contributed by atoms with E-state index in [4.69, 9.17) is 9.47 Å². The summed E-state index contributed by atoms with van der Waals surface area (Å²) >= 11 is 0. The zero-order valence-electron chi connectivity index (χ0n) is 19.1. The predicted molar refractivity (Wildman–Crippen MR) is 126 cm³/mol. The van der Waals surface area contributed by atoms with Gasteiger partial charge >= 0.3 is 0 Å². The summed E-state index contributed by atoms with van der Waals surface area (Å²) < 4.78 is 11.8. The molecule has 1 aromatic heterocycles. The number of ether oxygens (including phenoxy) is 2. The van der Waals surface area contributed by atoms with Crippen LogP contribution in [0.4, 0.5) is 11.5 Å². The molecule has 2 aromatic rings. The topological polar surface area (TPSA) is 75.7 Å². The van der Waals surface area contributed by atoms with Crippen molar-refractivity contribution >= 4 is 17.4 Å². The Morgan fingerprint density at radius 2 is 1.88 bits per heavy atom. The lowest BCUT2D eigenvalue weighted by Gasteiger charge is -2.33. The van der Waals surface area contributed by atoms with Crippen molar-refractivity contribution in [3.63, 3.8) is 0 Å². The van der Waals surface area contributed by atoms with Crippen molar-refractivity contribution in [2.75, 3.05) is 30.8 Å². The molecule has 1 saturated heterocycles. The van der Waals surface area contributed by atoms with Crippen molar-refractivity contribution in [1.82, 2.24) is 9.88 Å². The summed E-state index contributed by atoms with van der Waals surface area (Å²) in [7, 11) is 1.71. The van der Waals surface area contributed by atoms with Gasteiger partial charge in [-0.25, -0.2) is 4.98 Å². The normalized spacial score (nSPS) is 17.8. The number of nitrogens with one attached hydrogen (secondary N) is 2. The van der Waals surface area contributed by atoms with Gasteiger partial charge in [0.15, 0.2) is 11.5 Å². The molecule has 1 aliphatic carbocycles. The van der Waals surface area contributed by atoms with Gasteiger partial charge in [0.25, 0.3) is 0 Å². The molecular formula is C25H34N4O3. The van der Waals surface area contributed by atoms with Crippen LogP contribution < -0.4 is 20.1 Å². The fourth-order valence-electron chi connectivity index (χ4n) is 4.56. The number of nitrogens with zero attached hydrogens (tertiary/aromatic N) is 2. The molecule has 2 heterocycles. The number of hydrogen-bond acceptors (Lipinski definition) is 6. The highest BCUT2D eigenvalue weighted by Crippen LogP contribution is 2.33. The maximum atomic E-state index is 11.1. The molecule has 7 heteroatoms. The summed E-state index contributed by atoms with van der Waals surface area (Å²) in [6.07, 6.45) is 9.04. The van der Waals surface area contributed by atoms with E-state index in [1.54, 1.807) is 13.3 Å². The van der Waals surface area contributed by atoms with Crippen LogP contribution in [-0.2, 0) is 11.3 Å². The molecule has 1 saturated carbocycles. The van der Waals surface area contributed by atoms with E-state index in [0.29, 0.717) is 18.0 Å². The van der Waals surface area contributed by atoms with Crippen LogP contribution in [0.3, 0.4) is 0 Å². The maximum Gasteiger partial charge on any atom is 0.222 e. The van der Waals surface area contributed by atoms with E-state index in [2.05, 4.69) is 32.7 Å². The van der Waals surface area contributed by atoms with Gasteiger partial charge in [0.05, 0.1) is 25.1 Å². The SMILES string of the molecule is COc1ccc(CN2CCC(Nc3ccc(NC(C)=O)nc3)CC2)cc1OC1CCCC1. The third kappa shape index (κ3) is 6.13. The first-order valence-electron chi connectivity index (χ1n) is 11.6. The monoisotopic (exact) mass is 438 g/mol. The molecule has 4 rings (SSSR count). The molecule has 32 heavy (non-hydrogen) atoms. The third-order valence-corrected chi connectivity index (χ3v) is 6.26. The lowest BCUT2D eigenvalue weighted by molar-refractivity contribution is -0.114. The number of pyridine rings is 1. The van der Waals surface area contributed by atoms with Crippen LogP contribution in [0.25, 0.3) is 0 Å². The van der Waals surface area contributed by atoms with Gasteiger partial charge in [0, 0.05) is 32.6 Å². The van der Waals surface area contributed by atoms with Crippen molar-refractivity contribution in [1.29, 1.82) is 0 Å². The summed E-state index contributed by atoms with van der Waals surface area (Å²) in [5.41, 5.74) is 2.25. The summed E-state index contributed by atoms with van der Waals surface area (Å²) in [6.45, 7) is 4.49. The fourth-order valence-corrected chi connectivity index (χ4v) is 4.56. The minimum atomic E-state index is -0.111. The second-order valence-corrected chi connectivity index (χ2v) is 8.82. The number of anilines is 2. The molecule has 0 radical (unpaired) electrons. The minimum Gasteiger partial charge on any atom is -0.493 e. The number of hydrogen-bond donors (Lipinski definition) is 2. The molecule has 172 valence electrons. The van der Waals surface area contributed by atoms with E-state index in [9.17, 15) is 4.79 Å². The van der Waals surface area contributed by atoms with Gasteiger partial charge in [0.1, 0.15) is 5.82 Å². The van der Waals surface area contributed by atoms with Crippen LogP contribution in [0.15, 0.2) is 36.5 Å². The average molecular weight is 439 g/mol. The first-order valence-corrected chi connectivity index (χ1v) is 11.6. The molecule has 0 atom stereocenters. The third-order valence-electron chi connectivity index (χ3n) is 6.26. The Labute approximate surface area is 190 Å². The van der Waals surface area contributed by atoms with Crippen LogP contribution in [0.2, 0.25) is 0 Å². The number of rotatable bonds is 8. The Morgan fingerprint density at radius 1 is 1.09 bits per heavy atom. The number of carbonyl (C=O) groups excluding carboxylic acids is 1. The molecular weight excluding hydrogens is 404 g/mol. The molecule has 2 N–H and O–H groups in total. The van der Waals surface area contributed by atoms with Crippen molar-refractivity contribution in [3.8, 4) is 11.5 Å². The Kier molecular flexibility index (Phi) is 7.47. The van der Waals surface area contributed by atoms with Crippen molar-refractivity contribution in [2.24, 2.45) is 0 Å². The van der Waals surface area contributed by atoms with Crippen LogP contribution in [-0.4, -0.2) is 48.1 Å². The molecule has 1 aromatic carbocycles. The molecule has 0 spiro atoms. The standard InChI is InChI=1S/C25H34N4O3/c1-18(30)27-25-10-8-21(16-26-25)28-20-11-13-29(14-12-20)17-19-7-9-23(31-2)24(15-19)32-22-5-3-4-6-22/h7-10,15-16,20,22,28H,3-6,11-14,17H2,1-2H3,(H,26,27,30).